The van der Waals surface area contributed by atoms with Crippen LogP contribution in [-0.4, -0.2) is 47.1 Å². The predicted molar refractivity (Wildman–Crippen MR) is 107 cm³/mol. The van der Waals surface area contributed by atoms with Gasteiger partial charge < -0.3 is 15.2 Å². The number of carbonyl (C=O) groups is 1. The Labute approximate surface area is 167 Å². The Morgan fingerprint density at radius 2 is 1.71 bits per heavy atom. The molecule has 2 aromatic carbocycles. The second-order valence-electron chi connectivity index (χ2n) is 6.65. The number of amides is 1. The highest BCUT2D eigenvalue weighted by atomic mass is 35.5. The van der Waals surface area contributed by atoms with Crippen LogP contribution < -0.4 is 10.6 Å². The highest BCUT2D eigenvalue weighted by molar-refractivity contribution is 6.30. The fourth-order valence-corrected chi connectivity index (χ4v) is 3.55. The minimum atomic E-state index is -0.482. The number of anilines is 1. The van der Waals surface area contributed by atoms with Crippen molar-refractivity contribution < 1.29 is 9.32 Å². The zero-order valence-electron chi connectivity index (χ0n) is 15.2. The molecule has 1 aliphatic heterocycles. The number of hydrogen-bond donors (Lipinski definition) is 1. The lowest BCUT2D eigenvalue weighted by Gasteiger charge is -2.37. The summed E-state index contributed by atoms with van der Waals surface area (Å²) in [5, 5.41) is 4.73. The van der Waals surface area contributed by atoms with Crippen LogP contribution in [0.4, 0.5) is 5.95 Å². The molecule has 1 atom stereocenters. The molecule has 1 unspecified atom stereocenters. The number of nitrogens with zero attached hydrogens (tertiary/aromatic N) is 4. The van der Waals surface area contributed by atoms with Gasteiger partial charge in [-0.15, -0.1) is 0 Å². The molecule has 0 saturated carbocycles. The van der Waals surface area contributed by atoms with Crippen LogP contribution in [0.25, 0.3) is 11.5 Å². The van der Waals surface area contributed by atoms with Crippen molar-refractivity contribution in [1.29, 1.82) is 0 Å². The topological polar surface area (TPSA) is 88.5 Å². The number of halogens is 1. The van der Waals surface area contributed by atoms with Crippen LogP contribution >= 0.6 is 11.6 Å². The Balaban J connectivity index is 1.44. The highest BCUT2D eigenvalue weighted by Crippen LogP contribution is 2.25. The summed E-state index contributed by atoms with van der Waals surface area (Å²) in [6.45, 7) is 2.66. The van der Waals surface area contributed by atoms with E-state index < -0.39 is 6.04 Å². The molecule has 1 aliphatic rings. The maximum Gasteiger partial charge on any atom is 0.266 e. The monoisotopic (exact) mass is 397 g/mol. The Hall–Kier alpha value is -2.90. The molecule has 7 nitrogen and oxygen atoms in total. The molecular formula is C20H20ClN5O2. The van der Waals surface area contributed by atoms with Gasteiger partial charge in [-0.05, 0) is 35.0 Å². The van der Waals surface area contributed by atoms with Gasteiger partial charge in [0.1, 0.15) is 6.04 Å². The number of nitrogens with two attached hydrogens (primary N) is 1. The van der Waals surface area contributed by atoms with Gasteiger partial charge in [-0.1, -0.05) is 41.9 Å². The SMILES string of the molecule is NC(=O)C(c1ccc(Cl)cc1)N1CCN(c2noc(-c3ccccc3)n2)CC1. The lowest BCUT2D eigenvalue weighted by atomic mass is 10.0. The molecule has 0 spiro atoms. The van der Waals surface area contributed by atoms with Crippen LogP contribution in [-0.2, 0) is 4.79 Å². The Kier molecular flexibility index (Phi) is 5.27. The predicted octanol–water partition coefficient (Wildman–Crippen LogP) is 2.74. The molecular weight excluding hydrogens is 378 g/mol. The molecule has 0 aliphatic carbocycles. The summed E-state index contributed by atoms with van der Waals surface area (Å²) in [6.07, 6.45) is 0. The zero-order valence-corrected chi connectivity index (χ0v) is 15.9. The van der Waals surface area contributed by atoms with E-state index in [2.05, 4.69) is 15.0 Å². The first kappa shape index (κ1) is 18.5. The molecule has 2 heterocycles. The Bertz CT molecular complexity index is 937. The molecule has 8 heteroatoms. The van der Waals surface area contributed by atoms with Crippen LogP contribution in [0.1, 0.15) is 11.6 Å². The fourth-order valence-electron chi connectivity index (χ4n) is 3.42. The summed E-state index contributed by atoms with van der Waals surface area (Å²) in [7, 11) is 0. The number of aromatic nitrogens is 2. The molecule has 28 heavy (non-hydrogen) atoms. The lowest BCUT2D eigenvalue weighted by molar-refractivity contribution is -0.123. The molecule has 3 aromatic rings. The first-order valence-corrected chi connectivity index (χ1v) is 9.42. The van der Waals surface area contributed by atoms with Gasteiger partial charge in [-0.2, -0.15) is 4.98 Å². The second kappa shape index (κ2) is 8.00. The maximum absolute atomic E-state index is 12.1. The molecule has 1 amide bonds. The molecule has 144 valence electrons. The molecule has 2 N–H and O–H groups in total. The van der Waals surface area contributed by atoms with E-state index >= 15 is 0 Å². The minimum absolute atomic E-state index is 0.373. The van der Waals surface area contributed by atoms with Crippen molar-refractivity contribution in [3.63, 3.8) is 0 Å². The van der Waals surface area contributed by atoms with Crippen molar-refractivity contribution in [2.24, 2.45) is 5.73 Å². The van der Waals surface area contributed by atoms with Crippen LogP contribution in [0.5, 0.6) is 0 Å². The quantitative estimate of drug-likeness (QED) is 0.712. The van der Waals surface area contributed by atoms with E-state index in [0.717, 1.165) is 11.1 Å². The van der Waals surface area contributed by atoms with Crippen LogP contribution in [0.2, 0.25) is 5.02 Å². The molecule has 4 rings (SSSR count). The maximum atomic E-state index is 12.1. The van der Waals surface area contributed by atoms with Crippen molar-refractivity contribution in [2.45, 2.75) is 6.04 Å². The molecule has 0 radical (unpaired) electrons. The van der Waals surface area contributed by atoms with E-state index in [1.54, 1.807) is 12.1 Å². The average molecular weight is 398 g/mol. The second-order valence-corrected chi connectivity index (χ2v) is 7.08. The Morgan fingerprint density at radius 1 is 1.04 bits per heavy atom. The number of hydrogen-bond acceptors (Lipinski definition) is 6. The van der Waals surface area contributed by atoms with E-state index in [1.807, 2.05) is 47.4 Å². The zero-order chi connectivity index (χ0) is 19.5. The number of rotatable bonds is 5. The van der Waals surface area contributed by atoms with Gasteiger partial charge in [0.2, 0.25) is 5.91 Å². The van der Waals surface area contributed by atoms with E-state index in [4.69, 9.17) is 21.9 Å². The third-order valence-corrected chi connectivity index (χ3v) is 5.11. The summed E-state index contributed by atoms with van der Waals surface area (Å²) < 4.78 is 5.39. The van der Waals surface area contributed by atoms with Gasteiger partial charge in [0, 0.05) is 36.8 Å². The normalized spacial score (nSPS) is 16.1. The van der Waals surface area contributed by atoms with Gasteiger partial charge in [0.15, 0.2) is 0 Å². The first-order chi connectivity index (χ1) is 13.6. The standard InChI is InChI=1S/C20H20ClN5O2/c21-16-8-6-14(7-9-16)17(18(22)27)25-10-12-26(13-11-25)20-23-19(28-24-20)15-4-2-1-3-5-15/h1-9,17H,10-13H2,(H2,22,27). The highest BCUT2D eigenvalue weighted by Gasteiger charge is 2.30. The third kappa shape index (κ3) is 3.85. The Morgan fingerprint density at radius 3 is 2.36 bits per heavy atom. The van der Waals surface area contributed by atoms with Gasteiger partial charge in [-0.25, -0.2) is 0 Å². The first-order valence-electron chi connectivity index (χ1n) is 9.05. The number of piperazine rings is 1. The van der Waals surface area contributed by atoms with Crippen molar-refractivity contribution in [3.05, 3.63) is 65.2 Å². The summed E-state index contributed by atoms with van der Waals surface area (Å²) in [4.78, 5) is 20.7. The van der Waals surface area contributed by atoms with Crippen LogP contribution in [0, 0.1) is 0 Å². The van der Waals surface area contributed by atoms with Crippen molar-refractivity contribution in [1.82, 2.24) is 15.0 Å². The van der Waals surface area contributed by atoms with Gasteiger partial charge >= 0.3 is 0 Å². The summed E-state index contributed by atoms with van der Waals surface area (Å²) >= 11 is 5.96. The molecule has 0 bridgehead atoms. The van der Waals surface area contributed by atoms with Crippen LogP contribution in [0.3, 0.4) is 0 Å². The smallest absolute Gasteiger partial charge is 0.266 e. The summed E-state index contributed by atoms with van der Waals surface area (Å²) in [5.41, 5.74) is 7.41. The molecule has 1 aromatic heterocycles. The van der Waals surface area contributed by atoms with Gasteiger partial charge in [0.25, 0.3) is 11.8 Å². The molecule has 1 saturated heterocycles. The van der Waals surface area contributed by atoms with E-state index in [1.165, 1.54) is 0 Å². The van der Waals surface area contributed by atoms with Crippen molar-refractivity contribution >= 4 is 23.5 Å². The number of primary amides is 1. The molecule has 1 fully saturated rings. The summed E-state index contributed by atoms with van der Waals surface area (Å²) in [6, 6.07) is 16.4. The van der Waals surface area contributed by atoms with Crippen LogP contribution in [0.15, 0.2) is 59.1 Å². The van der Waals surface area contributed by atoms with E-state index in [9.17, 15) is 4.79 Å². The summed E-state index contributed by atoms with van der Waals surface area (Å²) in [5.74, 6) is 0.677. The fraction of sp³-hybridized carbons (Fsp3) is 0.250. The average Bonchev–Trinajstić information content (AvgIpc) is 3.21. The largest absolute Gasteiger partial charge is 0.368 e. The van der Waals surface area contributed by atoms with Crippen molar-refractivity contribution in [3.8, 4) is 11.5 Å². The third-order valence-electron chi connectivity index (χ3n) is 4.85. The van der Waals surface area contributed by atoms with Gasteiger partial charge in [-0.3, -0.25) is 9.69 Å². The van der Waals surface area contributed by atoms with Gasteiger partial charge in [0.05, 0.1) is 0 Å². The van der Waals surface area contributed by atoms with E-state index in [-0.39, 0.29) is 5.91 Å². The van der Waals surface area contributed by atoms with Crippen molar-refractivity contribution in [2.75, 3.05) is 31.1 Å². The lowest BCUT2D eigenvalue weighted by Crippen LogP contribution is -2.50. The number of carbonyl (C=O) groups excluding carboxylic acids is 1. The minimum Gasteiger partial charge on any atom is -0.368 e. The number of benzene rings is 2. The van der Waals surface area contributed by atoms with E-state index in [0.29, 0.717) is 43.0 Å².